The standard InChI is InChI=1S/C15H14N2O2/c1-11-13(10-16-17(11)2)9-8-12-6-4-5-7-14(12)15(18)19-3/h4-7,10H,1-3H3. The highest BCUT2D eigenvalue weighted by molar-refractivity contribution is 5.92. The third kappa shape index (κ3) is 2.66. The second-order valence-corrected chi connectivity index (χ2v) is 4.05. The van der Waals surface area contributed by atoms with Gasteiger partial charge < -0.3 is 4.74 Å². The van der Waals surface area contributed by atoms with Crippen molar-refractivity contribution in [3.8, 4) is 11.8 Å². The van der Waals surface area contributed by atoms with Gasteiger partial charge in [-0.3, -0.25) is 4.68 Å². The van der Waals surface area contributed by atoms with E-state index in [1.807, 2.05) is 20.0 Å². The van der Waals surface area contributed by atoms with E-state index >= 15 is 0 Å². The number of nitrogens with zero attached hydrogens (tertiary/aromatic N) is 2. The number of carbonyl (C=O) groups excluding carboxylic acids is 1. The largest absolute Gasteiger partial charge is 0.465 e. The van der Waals surface area contributed by atoms with E-state index in [1.165, 1.54) is 7.11 Å². The molecule has 0 spiro atoms. The molecule has 0 unspecified atom stereocenters. The highest BCUT2D eigenvalue weighted by Gasteiger charge is 2.09. The monoisotopic (exact) mass is 254 g/mol. The Labute approximate surface area is 112 Å². The number of carbonyl (C=O) groups is 1. The van der Waals surface area contributed by atoms with Gasteiger partial charge in [0.2, 0.25) is 0 Å². The van der Waals surface area contributed by atoms with Crippen molar-refractivity contribution in [3.05, 3.63) is 52.8 Å². The Bertz CT molecular complexity index is 675. The van der Waals surface area contributed by atoms with Crippen LogP contribution in [0, 0.1) is 18.8 Å². The maximum atomic E-state index is 11.6. The number of aryl methyl sites for hydroxylation is 1. The first-order chi connectivity index (χ1) is 9.13. The van der Waals surface area contributed by atoms with Crippen molar-refractivity contribution >= 4 is 5.97 Å². The lowest BCUT2D eigenvalue weighted by Gasteiger charge is -2.01. The van der Waals surface area contributed by atoms with Gasteiger partial charge in [-0.15, -0.1) is 0 Å². The molecule has 0 aliphatic rings. The molecule has 2 aromatic rings. The highest BCUT2D eigenvalue weighted by atomic mass is 16.5. The maximum absolute atomic E-state index is 11.6. The molecule has 19 heavy (non-hydrogen) atoms. The first-order valence-electron chi connectivity index (χ1n) is 5.81. The van der Waals surface area contributed by atoms with E-state index in [2.05, 4.69) is 16.9 Å². The number of hydrogen-bond donors (Lipinski definition) is 0. The molecular weight excluding hydrogens is 240 g/mol. The zero-order valence-electron chi connectivity index (χ0n) is 11.1. The molecular formula is C15H14N2O2. The van der Waals surface area contributed by atoms with Crippen LogP contribution in [0.1, 0.15) is 27.2 Å². The summed E-state index contributed by atoms with van der Waals surface area (Å²) in [6, 6.07) is 7.12. The first-order valence-corrected chi connectivity index (χ1v) is 5.81. The Morgan fingerprint density at radius 1 is 1.26 bits per heavy atom. The molecule has 0 aliphatic heterocycles. The Balaban J connectivity index is 2.40. The molecule has 0 radical (unpaired) electrons. The average Bonchev–Trinajstić information content (AvgIpc) is 2.76. The molecule has 4 nitrogen and oxygen atoms in total. The van der Waals surface area contributed by atoms with Crippen LogP contribution < -0.4 is 0 Å². The van der Waals surface area contributed by atoms with Crippen LogP contribution >= 0.6 is 0 Å². The van der Waals surface area contributed by atoms with E-state index < -0.39 is 0 Å². The van der Waals surface area contributed by atoms with Gasteiger partial charge in [0.25, 0.3) is 0 Å². The summed E-state index contributed by atoms with van der Waals surface area (Å²) in [6.45, 7) is 1.95. The number of benzene rings is 1. The molecule has 0 saturated carbocycles. The average molecular weight is 254 g/mol. The van der Waals surface area contributed by atoms with E-state index in [9.17, 15) is 4.79 Å². The SMILES string of the molecule is COC(=O)c1ccccc1C#Cc1cnn(C)c1C. The van der Waals surface area contributed by atoms with Gasteiger partial charge in [0.05, 0.1) is 30.1 Å². The van der Waals surface area contributed by atoms with Gasteiger partial charge in [-0.2, -0.15) is 5.10 Å². The van der Waals surface area contributed by atoms with Crippen LogP contribution in [0.15, 0.2) is 30.5 Å². The van der Waals surface area contributed by atoms with E-state index in [-0.39, 0.29) is 5.97 Å². The van der Waals surface area contributed by atoms with Gasteiger partial charge in [0.15, 0.2) is 0 Å². The van der Waals surface area contributed by atoms with Gasteiger partial charge in [0.1, 0.15) is 0 Å². The van der Waals surface area contributed by atoms with Crippen LogP contribution in [0.5, 0.6) is 0 Å². The Hall–Kier alpha value is -2.54. The minimum Gasteiger partial charge on any atom is -0.465 e. The third-order valence-corrected chi connectivity index (χ3v) is 2.90. The molecule has 1 aromatic carbocycles. The van der Waals surface area contributed by atoms with E-state index in [1.54, 1.807) is 29.1 Å². The van der Waals surface area contributed by atoms with Gasteiger partial charge in [-0.1, -0.05) is 24.0 Å². The number of ether oxygens (including phenoxy) is 1. The number of rotatable bonds is 1. The van der Waals surface area contributed by atoms with Crippen molar-refractivity contribution in [1.29, 1.82) is 0 Å². The molecule has 1 aromatic heterocycles. The van der Waals surface area contributed by atoms with Gasteiger partial charge in [-0.25, -0.2) is 4.79 Å². The Morgan fingerprint density at radius 2 is 1.95 bits per heavy atom. The molecule has 0 saturated heterocycles. The van der Waals surface area contributed by atoms with E-state index in [0.29, 0.717) is 11.1 Å². The number of methoxy groups -OCH3 is 1. The summed E-state index contributed by atoms with van der Waals surface area (Å²) in [5, 5.41) is 4.12. The molecule has 4 heteroatoms. The topological polar surface area (TPSA) is 44.1 Å². The van der Waals surface area contributed by atoms with Crippen LogP contribution in [0.4, 0.5) is 0 Å². The molecule has 0 amide bonds. The molecule has 0 atom stereocenters. The summed E-state index contributed by atoms with van der Waals surface area (Å²) in [7, 11) is 3.22. The quantitative estimate of drug-likeness (QED) is 0.577. The lowest BCUT2D eigenvalue weighted by atomic mass is 10.1. The minimum absolute atomic E-state index is 0.382. The normalized spacial score (nSPS) is 9.63. The smallest absolute Gasteiger partial charge is 0.339 e. The summed E-state index contributed by atoms with van der Waals surface area (Å²) in [4.78, 5) is 11.6. The fraction of sp³-hybridized carbons (Fsp3) is 0.200. The van der Waals surface area contributed by atoms with Crippen molar-refractivity contribution in [2.24, 2.45) is 7.05 Å². The van der Waals surface area contributed by atoms with E-state index in [4.69, 9.17) is 4.74 Å². The maximum Gasteiger partial charge on any atom is 0.339 e. The second kappa shape index (κ2) is 5.40. The van der Waals surface area contributed by atoms with Gasteiger partial charge in [-0.05, 0) is 19.1 Å². The zero-order chi connectivity index (χ0) is 13.8. The highest BCUT2D eigenvalue weighted by Crippen LogP contribution is 2.10. The zero-order valence-corrected chi connectivity index (χ0v) is 11.1. The van der Waals surface area contributed by atoms with Gasteiger partial charge >= 0.3 is 5.97 Å². The van der Waals surface area contributed by atoms with Crippen molar-refractivity contribution in [2.45, 2.75) is 6.92 Å². The van der Waals surface area contributed by atoms with Crippen molar-refractivity contribution in [3.63, 3.8) is 0 Å². The Kier molecular flexibility index (Phi) is 3.67. The van der Waals surface area contributed by atoms with Crippen LogP contribution in [0.3, 0.4) is 0 Å². The van der Waals surface area contributed by atoms with E-state index in [0.717, 1.165) is 11.3 Å². The lowest BCUT2D eigenvalue weighted by molar-refractivity contribution is 0.0600. The molecule has 0 aliphatic carbocycles. The summed E-state index contributed by atoms with van der Waals surface area (Å²) < 4.78 is 6.49. The number of hydrogen-bond acceptors (Lipinski definition) is 3. The van der Waals surface area contributed by atoms with Crippen molar-refractivity contribution in [1.82, 2.24) is 9.78 Å². The molecule has 2 rings (SSSR count). The summed E-state index contributed by atoms with van der Waals surface area (Å²) in [5.74, 6) is 5.64. The number of aromatic nitrogens is 2. The predicted molar refractivity (Wildman–Crippen MR) is 71.7 cm³/mol. The van der Waals surface area contributed by atoms with Crippen LogP contribution in [0.2, 0.25) is 0 Å². The Morgan fingerprint density at radius 3 is 2.58 bits per heavy atom. The van der Waals surface area contributed by atoms with Crippen molar-refractivity contribution < 1.29 is 9.53 Å². The third-order valence-electron chi connectivity index (χ3n) is 2.90. The van der Waals surface area contributed by atoms with Gasteiger partial charge in [0, 0.05) is 12.6 Å². The number of esters is 1. The van der Waals surface area contributed by atoms with Crippen LogP contribution in [-0.4, -0.2) is 22.9 Å². The summed E-state index contributed by atoms with van der Waals surface area (Å²) in [6.07, 6.45) is 1.71. The molecule has 0 bridgehead atoms. The fourth-order valence-electron chi connectivity index (χ4n) is 1.64. The fourth-order valence-corrected chi connectivity index (χ4v) is 1.64. The first kappa shape index (κ1) is 12.9. The summed E-state index contributed by atoms with van der Waals surface area (Å²) >= 11 is 0. The molecule has 96 valence electrons. The van der Waals surface area contributed by atoms with Crippen LogP contribution in [-0.2, 0) is 11.8 Å². The molecule has 1 heterocycles. The van der Waals surface area contributed by atoms with Crippen molar-refractivity contribution in [2.75, 3.05) is 7.11 Å². The lowest BCUT2D eigenvalue weighted by Crippen LogP contribution is -2.03. The molecule has 0 fully saturated rings. The predicted octanol–water partition coefficient (Wildman–Crippen LogP) is 1.91. The summed E-state index contributed by atoms with van der Waals surface area (Å²) in [5.41, 5.74) is 2.96. The van der Waals surface area contributed by atoms with Crippen LogP contribution in [0.25, 0.3) is 0 Å². The minimum atomic E-state index is -0.382. The molecule has 0 N–H and O–H groups in total. The second-order valence-electron chi connectivity index (χ2n) is 4.05.